The fourth-order valence-electron chi connectivity index (χ4n) is 1.07. The number of hydrogen-bond acceptors (Lipinski definition) is 3. The molecular formula is C9H9BrINO3S. The number of anilines is 1. The largest absolute Gasteiger partial charge is 0.302 e. The Bertz CT molecular complexity index is 503. The highest BCUT2D eigenvalue weighted by atomic mass is 127. The molecule has 0 fully saturated rings. The Labute approximate surface area is 116 Å². The van der Waals surface area contributed by atoms with Gasteiger partial charge in [0.05, 0.1) is 16.8 Å². The summed E-state index contributed by atoms with van der Waals surface area (Å²) in [7, 11) is -3.31. The molecule has 0 aliphatic rings. The minimum Gasteiger partial charge on any atom is -0.302 e. The molecule has 0 saturated carbocycles. The van der Waals surface area contributed by atoms with Crippen LogP contribution in [0.2, 0.25) is 0 Å². The highest BCUT2D eigenvalue weighted by molar-refractivity contribution is 14.1. The van der Waals surface area contributed by atoms with Gasteiger partial charge < -0.3 is 4.79 Å². The van der Waals surface area contributed by atoms with Crippen LogP contribution in [0.4, 0.5) is 5.69 Å². The Balaban J connectivity index is 3.13. The van der Waals surface area contributed by atoms with Crippen molar-refractivity contribution in [1.29, 1.82) is 0 Å². The standard InChI is InChI=1S/C9H9BrINO3S/c1-16(14,15)12-9-4-6(7(10)5-13)2-3-8(9)11/h2-5,7,12H,1H3. The first-order valence-electron chi connectivity index (χ1n) is 4.20. The molecule has 0 aromatic heterocycles. The molecular weight excluding hydrogens is 409 g/mol. The van der Waals surface area contributed by atoms with Crippen LogP contribution in [0.1, 0.15) is 10.4 Å². The molecule has 7 heteroatoms. The van der Waals surface area contributed by atoms with E-state index in [9.17, 15) is 13.2 Å². The van der Waals surface area contributed by atoms with Crippen LogP contribution in [0, 0.1) is 3.57 Å². The van der Waals surface area contributed by atoms with E-state index in [0.29, 0.717) is 11.3 Å². The summed E-state index contributed by atoms with van der Waals surface area (Å²) >= 11 is 5.20. The summed E-state index contributed by atoms with van der Waals surface area (Å²) < 4.78 is 25.4. The first-order chi connectivity index (χ1) is 7.33. The van der Waals surface area contributed by atoms with Gasteiger partial charge in [0.15, 0.2) is 0 Å². The first kappa shape index (κ1) is 13.9. The summed E-state index contributed by atoms with van der Waals surface area (Å²) in [5.74, 6) is 0. The molecule has 0 spiro atoms. The van der Waals surface area contributed by atoms with E-state index in [4.69, 9.17) is 0 Å². The van der Waals surface area contributed by atoms with Crippen molar-refractivity contribution in [3.63, 3.8) is 0 Å². The predicted molar refractivity (Wildman–Crippen MR) is 75.4 cm³/mol. The fraction of sp³-hybridized carbons (Fsp3) is 0.222. The first-order valence-corrected chi connectivity index (χ1v) is 8.08. The van der Waals surface area contributed by atoms with Crippen LogP contribution < -0.4 is 4.72 Å². The molecule has 1 rings (SSSR count). The number of nitrogens with one attached hydrogen (secondary N) is 1. The molecule has 0 saturated heterocycles. The smallest absolute Gasteiger partial charge is 0.229 e. The molecule has 0 heterocycles. The third-order valence-corrected chi connectivity index (χ3v) is 4.00. The van der Waals surface area contributed by atoms with Crippen LogP contribution in [0.3, 0.4) is 0 Å². The summed E-state index contributed by atoms with van der Waals surface area (Å²) in [6, 6.07) is 5.15. The Morgan fingerprint density at radius 2 is 2.12 bits per heavy atom. The number of halogens is 2. The van der Waals surface area contributed by atoms with Gasteiger partial charge >= 0.3 is 0 Å². The van der Waals surface area contributed by atoms with Gasteiger partial charge in [-0.3, -0.25) is 4.72 Å². The van der Waals surface area contributed by atoms with E-state index < -0.39 is 14.9 Å². The summed E-state index contributed by atoms with van der Waals surface area (Å²) in [5.41, 5.74) is 1.19. The average molecular weight is 418 g/mol. The van der Waals surface area contributed by atoms with Crippen LogP contribution in [0.25, 0.3) is 0 Å². The van der Waals surface area contributed by atoms with Crippen LogP contribution >= 0.6 is 38.5 Å². The molecule has 1 N–H and O–H groups in total. The van der Waals surface area contributed by atoms with E-state index in [2.05, 4.69) is 20.7 Å². The number of carbonyl (C=O) groups is 1. The van der Waals surface area contributed by atoms with Crippen molar-refractivity contribution in [3.8, 4) is 0 Å². The number of hydrogen-bond donors (Lipinski definition) is 1. The lowest BCUT2D eigenvalue weighted by molar-refractivity contribution is -0.107. The van der Waals surface area contributed by atoms with E-state index >= 15 is 0 Å². The fourth-order valence-corrected chi connectivity index (χ4v) is 2.58. The van der Waals surface area contributed by atoms with Gasteiger partial charge in [0, 0.05) is 3.57 Å². The molecule has 1 atom stereocenters. The number of sulfonamides is 1. The van der Waals surface area contributed by atoms with Gasteiger partial charge in [-0.1, -0.05) is 22.0 Å². The van der Waals surface area contributed by atoms with Gasteiger partial charge in [0.25, 0.3) is 0 Å². The Kier molecular flexibility index (Phi) is 4.74. The van der Waals surface area contributed by atoms with E-state index in [1.807, 2.05) is 22.6 Å². The van der Waals surface area contributed by atoms with Crippen molar-refractivity contribution in [1.82, 2.24) is 0 Å². The maximum Gasteiger partial charge on any atom is 0.229 e. The van der Waals surface area contributed by atoms with Crippen molar-refractivity contribution in [2.24, 2.45) is 0 Å². The van der Waals surface area contributed by atoms with Crippen LogP contribution in [0.15, 0.2) is 18.2 Å². The number of benzene rings is 1. The minimum absolute atomic E-state index is 0.426. The topological polar surface area (TPSA) is 63.2 Å². The Hall–Kier alpha value is -0.150. The van der Waals surface area contributed by atoms with Gasteiger partial charge in [0.2, 0.25) is 10.0 Å². The summed E-state index contributed by atoms with van der Waals surface area (Å²) in [5, 5.41) is 0. The van der Waals surface area contributed by atoms with Gasteiger partial charge in [-0.2, -0.15) is 0 Å². The quantitative estimate of drug-likeness (QED) is 0.464. The van der Waals surface area contributed by atoms with Crippen LogP contribution in [-0.4, -0.2) is 21.0 Å². The number of rotatable bonds is 4. The van der Waals surface area contributed by atoms with Crippen molar-refractivity contribution in [3.05, 3.63) is 27.3 Å². The SMILES string of the molecule is CS(=O)(=O)Nc1cc(C(Br)C=O)ccc1I. The zero-order valence-electron chi connectivity index (χ0n) is 8.28. The second kappa shape index (κ2) is 5.46. The number of aldehydes is 1. The number of alkyl halides is 1. The Morgan fingerprint density at radius 1 is 1.50 bits per heavy atom. The molecule has 0 aliphatic heterocycles. The van der Waals surface area contributed by atoms with E-state index in [1.54, 1.807) is 18.2 Å². The predicted octanol–water partition coefficient (Wildman–Crippen LogP) is 2.30. The highest BCUT2D eigenvalue weighted by Crippen LogP contribution is 2.27. The lowest BCUT2D eigenvalue weighted by Crippen LogP contribution is -2.11. The van der Waals surface area contributed by atoms with Crippen molar-refractivity contribution in [2.45, 2.75) is 4.83 Å². The Morgan fingerprint density at radius 3 is 2.62 bits per heavy atom. The number of carbonyl (C=O) groups excluding carboxylic acids is 1. The molecule has 0 radical (unpaired) electrons. The van der Waals surface area contributed by atoms with Crippen molar-refractivity contribution < 1.29 is 13.2 Å². The molecule has 1 aromatic rings. The second-order valence-electron chi connectivity index (χ2n) is 3.15. The van der Waals surface area contributed by atoms with Crippen LogP contribution in [0.5, 0.6) is 0 Å². The minimum atomic E-state index is -3.31. The molecule has 16 heavy (non-hydrogen) atoms. The third kappa shape index (κ3) is 4.02. The third-order valence-electron chi connectivity index (χ3n) is 1.72. The molecule has 0 aliphatic carbocycles. The average Bonchev–Trinajstić information content (AvgIpc) is 2.18. The normalized spacial score (nSPS) is 13.2. The summed E-state index contributed by atoms with van der Waals surface area (Å²) in [6.45, 7) is 0. The van der Waals surface area contributed by atoms with Crippen LogP contribution in [-0.2, 0) is 14.8 Å². The molecule has 0 amide bonds. The van der Waals surface area contributed by atoms with Crippen molar-refractivity contribution in [2.75, 3.05) is 11.0 Å². The molecule has 88 valence electrons. The maximum absolute atomic E-state index is 11.1. The van der Waals surface area contributed by atoms with Gasteiger partial charge in [-0.15, -0.1) is 0 Å². The van der Waals surface area contributed by atoms with Gasteiger partial charge in [0.1, 0.15) is 6.29 Å². The monoisotopic (exact) mass is 417 g/mol. The van der Waals surface area contributed by atoms with E-state index in [-0.39, 0.29) is 0 Å². The van der Waals surface area contributed by atoms with E-state index in [0.717, 1.165) is 16.1 Å². The summed E-state index contributed by atoms with van der Waals surface area (Å²) in [6.07, 6.45) is 1.83. The molecule has 1 unspecified atom stereocenters. The molecule has 0 bridgehead atoms. The highest BCUT2D eigenvalue weighted by Gasteiger charge is 2.11. The van der Waals surface area contributed by atoms with Crippen molar-refractivity contribution >= 4 is 60.5 Å². The second-order valence-corrected chi connectivity index (χ2v) is 7.05. The van der Waals surface area contributed by atoms with Gasteiger partial charge in [-0.25, -0.2) is 8.42 Å². The van der Waals surface area contributed by atoms with E-state index in [1.165, 1.54) is 0 Å². The maximum atomic E-state index is 11.1. The molecule has 4 nitrogen and oxygen atoms in total. The molecule has 1 aromatic carbocycles. The zero-order chi connectivity index (χ0) is 12.3. The lowest BCUT2D eigenvalue weighted by Gasteiger charge is -2.09. The zero-order valence-corrected chi connectivity index (χ0v) is 12.8. The lowest BCUT2D eigenvalue weighted by atomic mass is 10.1. The van der Waals surface area contributed by atoms with Gasteiger partial charge in [-0.05, 0) is 40.3 Å². The summed E-state index contributed by atoms with van der Waals surface area (Å²) in [4.78, 5) is 10.2.